The summed E-state index contributed by atoms with van der Waals surface area (Å²) in [6.45, 7) is 0.533. The van der Waals surface area contributed by atoms with Gasteiger partial charge in [-0.1, -0.05) is 34.1 Å². The fraction of sp³-hybridized carbons (Fsp3) is 0.250. The van der Waals surface area contributed by atoms with Crippen molar-refractivity contribution in [1.29, 1.82) is 0 Å². The predicted molar refractivity (Wildman–Crippen MR) is 81.1 cm³/mol. The minimum absolute atomic E-state index is 0.115. The maximum Gasteiger partial charge on any atom is 0.230 e. The Morgan fingerprint density at radius 2 is 2.00 bits per heavy atom. The van der Waals surface area contributed by atoms with E-state index in [1.807, 2.05) is 36.4 Å². The van der Waals surface area contributed by atoms with Crippen molar-refractivity contribution in [2.45, 2.75) is 24.8 Å². The maximum atomic E-state index is 12.4. The number of nitrogens with zero attached hydrogens (tertiary/aromatic N) is 1. The largest absolute Gasteiger partial charge is 0.351 e. The molecule has 0 spiro atoms. The van der Waals surface area contributed by atoms with Crippen LogP contribution in [0.1, 0.15) is 24.0 Å². The van der Waals surface area contributed by atoms with Crippen LogP contribution in [-0.2, 0) is 16.8 Å². The molecule has 3 rings (SSSR count). The number of halogens is 1. The van der Waals surface area contributed by atoms with Crippen LogP contribution < -0.4 is 5.32 Å². The number of amides is 1. The van der Waals surface area contributed by atoms with Gasteiger partial charge in [0, 0.05) is 23.4 Å². The van der Waals surface area contributed by atoms with Gasteiger partial charge in [-0.2, -0.15) is 0 Å². The van der Waals surface area contributed by atoms with E-state index < -0.39 is 0 Å². The zero-order chi connectivity index (χ0) is 14.0. The number of nitrogens with one attached hydrogen (secondary N) is 1. The average Bonchev–Trinajstić information content (AvgIpc) is 3.28. The highest BCUT2D eigenvalue weighted by Gasteiger charge is 2.50. The van der Waals surface area contributed by atoms with E-state index in [0.717, 1.165) is 28.4 Å². The second kappa shape index (κ2) is 5.37. The van der Waals surface area contributed by atoms with E-state index in [4.69, 9.17) is 0 Å². The third kappa shape index (κ3) is 2.61. The first kappa shape index (κ1) is 13.3. The van der Waals surface area contributed by atoms with Crippen molar-refractivity contribution in [3.63, 3.8) is 0 Å². The van der Waals surface area contributed by atoms with E-state index in [2.05, 4.69) is 26.2 Å². The highest BCUT2D eigenvalue weighted by molar-refractivity contribution is 9.10. The summed E-state index contributed by atoms with van der Waals surface area (Å²) in [6, 6.07) is 11.9. The fourth-order valence-electron chi connectivity index (χ4n) is 2.39. The Bertz CT molecular complexity index is 606. The summed E-state index contributed by atoms with van der Waals surface area (Å²) in [5, 5.41) is 3.02. The van der Waals surface area contributed by atoms with E-state index in [1.165, 1.54) is 0 Å². The zero-order valence-corrected chi connectivity index (χ0v) is 12.6. The molecule has 0 saturated heterocycles. The summed E-state index contributed by atoms with van der Waals surface area (Å²) in [7, 11) is 0. The van der Waals surface area contributed by atoms with Gasteiger partial charge in [0.05, 0.1) is 5.41 Å². The number of hydrogen-bond donors (Lipinski definition) is 1. The minimum Gasteiger partial charge on any atom is -0.351 e. The number of aromatic nitrogens is 1. The second-order valence-corrected chi connectivity index (χ2v) is 6.05. The van der Waals surface area contributed by atoms with Crippen molar-refractivity contribution < 1.29 is 4.79 Å². The molecular formula is C16H15BrN2O. The van der Waals surface area contributed by atoms with Crippen molar-refractivity contribution in [1.82, 2.24) is 10.3 Å². The summed E-state index contributed by atoms with van der Waals surface area (Å²) in [6.07, 6.45) is 5.36. The standard InChI is InChI=1S/C16H15BrN2O/c17-14-5-3-13(4-6-14)16(7-8-16)15(20)19-11-12-2-1-9-18-10-12/h1-6,9-10H,7-8,11H2,(H,19,20). The number of benzene rings is 1. The molecule has 1 aromatic heterocycles. The first-order chi connectivity index (χ1) is 9.71. The first-order valence-electron chi connectivity index (χ1n) is 6.64. The van der Waals surface area contributed by atoms with Crippen LogP contribution in [-0.4, -0.2) is 10.9 Å². The monoisotopic (exact) mass is 330 g/mol. The molecule has 1 heterocycles. The van der Waals surface area contributed by atoms with Gasteiger partial charge in [0.1, 0.15) is 0 Å². The lowest BCUT2D eigenvalue weighted by Crippen LogP contribution is -2.34. The fourth-order valence-corrected chi connectivity index (χ4v) is 2.66. The normalized spacial score (nSPS) is 15.7. The summed E-state index contributed by atoms with van der Waals surface area (Å²) in [4.78, 5) is 16.5. The van der Waals surface area contributed by atoms with Gasteiger partial charge in [0.25, 0.3) is 0 Å². The van der Waals surface area contributed by atoms with Gasteiger partial charge < -0.3 is 5.32 Å². The van der Waals surface area contributed by atoms with E-state index in [-0.39, 0.29) is 11.3 Å². The van der Waals surface area contributed by atoms with Gasteiger partial charge >= 0.3 is 0 Å². The molecule has 0 unspecified atom stereocenters. The zero-order valence-electron chi connectivity index (χ0n) is 11.0. The summed E-state index contributed by atoms with van der Waals surface area (Å²) in [5.74, 6) is 0.115. The lowest BCUT2D eigenvalue weighted by atomic mass is 9.95. The van der Waals surface area contributed by atoms with Crippen molar-refractivity contribution in [2.24, 2.45) is 0 Å². The Kier molecular flexibility index (Phi) is 3.57. The molecule has 1 aromatic carbocycles. The minimum atomic E-state index is -0.317. The summed E-state index contributed by atoms with van der Waals surface area (Å²) >= 11 is 3.42. The quantitative estimate of drug-likeness (QED) is 0.935. The molecule has 102 valence electrons. The van der Waals surface area contributed by atoms with Gasteiger partial charge in [0.2, 0.25) is 5.91 Å². The Morgan fingerprint density at radius 1 is 1.25 bits per heavy atom. The smallest absolute Gasteiger partial charge is 0.230 e. The summed E-state index contributed by atoms with van der Waals surface area (Å²) in [5.41, 5.74) is 1.81. The Balaban J connectivity index is 1.69. The highest BCUT2D eigenvalue weighted by atomic mass is 79.9. The molecule has 1 aliphatic rings. The van der Waals surface area contributed by atoms with Gasteiger partial charge in [-0.15, -0.1) is 0 Å². The van der Waals surface area contributed by atoms with E-state index in [0.29, 0.717) is 6.54 Å². The SMILES string of the molecule is O=C(NCc1cccnc1)C1(c2ccc(Br)cc2)CC1. The number of pyridine rings is 1. The Labute approximate surface area is 126 Å². The molecule has 20 heavy (non-hydrogen) atoms. The van der Waals surface area contributed by atoms with Crippen LogP contribution in [0.5, 0.6) is 0 Å². The van der Waals surface area contributed by atoms with Gasteiger partial charge in [0.15, 0.2) is 0 Å². The van der Waals surface area contributed by atoms with Crippen LogP contribution in [0.15, 0.2) is 53.3 Å². The predicted octanol–water partition coefficient (Wildman–Crippen LogP) is 3.19. The topological polar surface area (TPSA) is 42.0 Å². The molecule has 1 fully saturated rings. The Morgan fingerprint density at radius 3 is 2.60 bits per heavy atom. The van der Waals surface area contributed by atoms with Gasteiger partial charge in [-0.3, -0.25) is 9.78 Å². The van der Waals surface area contributed by atoms with Crippen LogP contribution in [0, 0.1) is 0 Å². The summed E-state index contributed by atoms with van der Waals surface area (Å²) < 4.78 is 1.04. The van der Waals surface area contributed by atoms with Crippen molar-refractivity contribution >= 4 is 21.8 Å². The van der Waals surface area contributed by atoms with Crippen LogP contribution in [0.3, 0.4) is 0 Å². The highest BCUT2D eigenvalue weighted by Crippen LogP contribution is 2.48. The number of hydrogen-bond acceptors (Lipinski definition) is 2. The van der Waals surface area contributed by atoms with Gasteiger partial charge in [-0.25, -0.2) is 0 Å². The molecule has 1 saturated carbocycles. The lowest BCUT2D eigenvalue weighted by Gasteiger charge is -2.16. The second-order valence-electron chi connectivity index (χ2n) is 5.13. The first-order valence-corrected chi connectivity index (χ1v) is 7.43. The number of rotatable bonds is 4. The molecule has 1 aliphatic carbocycles. The van der Waals surface area contributed by atoms with E-state index >= 15 is 0 Å². The molecule has 0 aliphatic heterocycles. The van der Waals surface area contributed by atoms with Crippen LogP contribution in [0.25, 0.3) is 0 Å². The van der Waals surface area contributed by atoms with Gasteiger partial charge in [-0.05, 0) is 42.2 Å². The molecule has 1 N–H and O–H groups in total. The van der Waals surface area contributed by atoms with Crippen molar-refractivity contribution in [3.05, 3.63) is 64.4 Å². The van der Waals surface area contributed by atoms with Crippen LogP contribution in [0.2, 0.25) is 0 Å². The molecule has 0 bridgehead atoms. The Hall–Kier alpha value is -1.68. The third-order valence-electron chi connectivity index (χ3n) is 3.76. The average molecular weight is 331 g/mol. The maximum absolute atomic E-state index is 12.4. The molecule has 4 heteroatoms. The molecule has 0 atom stereocenters. The van der Waals surface area contributed by atoms with Crippen molar-refractivity contribution in [3.8, 4) is 0 Å². The lowest BCUT2D eigenvalue weighted by molar-refractivity contribution is -0.123. The molecule has 3 nitrogen and oxygen atoms in total. The van der Waals surface area contributed by atoms with Crippen molar-refractivity contribution in [2.75, 3.05) is 0 Å². The van der Waals surface area contributed by atoms with E-state index in [9.17, 15) is 4.79 Å². The molecule has 2 aromatic rings. The van der Waals surface area contributed by atoms with Crippen LogP contribution in [0.4, 0.5) is 0 Å². The third-order valence-corrected chi connectivity index (χ3v) is 4.29. The molecular weight excluding hydrogens is 316 g/mol. The molecule has 0 radical (unpaired) electrons. The van der Waals surface area contributed by atoms with Crippen LogP contribution >= 0.6 is 15.9 Å². The number of carbonyl (C=O) groups is 1. The number of carbonyl (C=O) groups excluding carboxylic acids is 1. The van der Waals surface area contributed by atoms with E-state index in [1.54, 1.807) is 12.4 Å². The molecule has 1 amide bonds.